The zero-order valence-electron chi connectivity index (χ0n) is 7.06. The summed E-state index contributed by atoms with van der Waals surface area (Å²) < 4.78 is 14.1. The Morgan fingerprint density at radius 2 is 2.00 bits per heavy atom. The first-order valence-electron chi connectivity index (χ1n) is 4.33. The molecule has 0 bridgehead atoms. The average molecular weight is 116 g/mol. The molecule has 0 atom stereocenters. The molecule has 1 aliphatic carbocycles. The van der Waals surface area contributed by atoms with E-state index < -0.39 is 6.56 Å². The summed E-state index contributed by atoms with van der Waals surface area (Å²) in [6, 6.07) is 0. The lowest BCUT2D eigenvalue weighted by Crippen LogP contribution is -2.09. The molecular formula is C7H14O. The van der Waals surface area contributed by atoms with E-state index in [1.54, 1.807) is 0 Å². The van der Waals surface area contributed by atoms with Crippen LogP contribution in [0.1, 0.15) is 34.8 Å². The Morgan fingerprint density at radius 3 is 2.38 bits per heavy atom. The van der Waals surface area contributed by atoms with Crippen molar-refractivity contribution in [2.75, 3.05) is 6.56 Å². The van der Waals surface area contributed by atoms with Gasteiger partial charge in [0.25, 0.3) is 0 Å². The Bertz CT molecular complexity index is 103. The topological polar surface area (TPSA) is 20.2 Å². The average Bonchev–Trinajstić information content (AvgIpc) is 1.88. The van der Waals surface area contributed by atoms with E-state index in [0.29, 0.717) is 0 Å². The van der Waals surface area contributed by atoms with Gasteiger partial charge in [-0.1, -0.05) is 19.3 Å². The Balaban J connectivity index is 2.39. The lowest BCUT2D eigenvalue weighted by atomic mass is 9.90. The molecule has 0 heterocycles. The monoisotopic (exact) mass is 116 g/mol. The van der Waals surface area contributed by atoms with Crippen molar-refractivity contribution in [3.63, 3.8) is 0 Å². The van der Waals surface area contributed by atoms with E-state index in [1.807, 2.05) is 0 Å². The van der Waals surface area contributed by atoms with Crippen molar-refractivity contribution in [1.29, 1.82) is 0 Å². The van der Waals surface area contributed by atoms with Gasteiger partial charge in [-0.05, 0) is 18.8 Å². The van der Waals surface area contributed by atoms with Crippen LogP contribution >= 0.6 is 0 Å². The van der Waals surface area contributed by atoms with Crippen LogP contribution in [0, 0.1) is 5.92 Å². The smallest absolute Gasteiger partial charge is 0.0567 e. The number of hydrogen-bond donors (Lipinski definition) is 1. The third kappa shape index (κ3) is 1.48. The largest absolute Gasteiger partial charge is 0.396 e. The molecular weight excluding hydrogens is 100 g/mol. The minimum Gasteiger partial charge on any atom is -0.396 e. The molecule has 0 radical (unpaired) electrons. The van der Waals surface area contributed by atoms with Gasteiger partial charge in [0, 0.05) is 6.56 Å². The molecule has 48 valence electrons. The van der Waals surface area contributed by atoms with Gasteiger partial charge >= 0.3 is 0 Å². The van der Waals surface area contributed by atoms with Crippen molar-refractivity contribution in [3.05, 3.63) is 0 Å². The standard InChI is InChI=1S/C7H14O/c8-6-7-4-2-1-3-5-7/h7-8H,1-6H2/i6D2. The van der Waals surface area contributed by atoms with Gasteiger partial charge in [0.1, 0.15) is 0 Å². The van der Waals surface area contributed by atoms with Gasteiger partial charge in [-0.15, -0.1) is 0 Å². The molecule has 0 aromatic carbocycles. The minimum atomic E-state index is -1.93. The van der Waals surface area contributed by atoms with E-state index in [9.17, 15) is 0 Å². The molecule has 1 aliphatic rings. The molecule has 1 nitrogen and oxygen atoms in total. The van der Waals surface area contributed by atoms with Crippen LogP contribution in [-0.2, 0) is 0 Å². The summed E-state index contributed by atoms with van der Waals surface area (Å²) in [5, 5.41) is 8.98. The normalized spacial score (nSPS) is 29.1. The van der Waals surface area contributed by atoms with Crippen LogP contribution in [0.3, 0.4) is 0 Å². The second-order valence-corrected chi connectivity index (χ2v) is 2.46. The van der Waals surface area contributed by atoms with Crippen LogP contribution in [-0.4, -0.2) is 11.7 Å². The van der Waals surface area contributed by atoms with E-state index in [2.05, 4.69) is 0 Å². The summed E-state index contributed by atoms with van der Waals surface area (Å²) >= 11 is 0. The Morgan fingerprint density at radius 1 is 1.38 bits per heavy atom. The highest BCUT2D eigenvalue weighted by atomic mass is 16.3. The van der Waals surface area contributed by atoms with Crippen LogP contribution in [0.2, 0.25) is 0 Å². The fourth-order valence-corrected chi connectivity index (χ4v) is 1.23. The SMILES string of the molecule is [2H]C([2H])(O)C1CCCCC1. The van der Waals surface area contributed by atoms with Gasteiger partial charge in [-0.2, -0.15) is 0 Å². The molecule has 1 heteroatoms. The van der Waals surface area contributed by atoms with Crippen molar-refractivity contribution in [1.82, 2.24) is 0 Å². The van der Waals surface area contributed by atoms with E-state index in [-0.39, 0.29) is 5.92 Å². The van der Waals surface area contributed by atoms with Crippen LogP contribution < -0.4 is 0 Å². The van der Waals surface area contributed by atoms with E-state index in [1.165, 1.54) is 6.42 Å². The first kappa shape index (κ1) is 3.89. The van der Waals surface area contributed by atoms with Crippen LogP contribution in [0.25, 0.3) is 0 Å². The molecule has 0 spiro atoms. The van der Waals surface area contributed by atoms with Gasteiger partial charge in [-0.3, -0.25) is 0 Å². The minimum absolute atomic E-state index is 0.110. The Kier molecular flexibility index (Phi) is 1.50. The summed E-state index contributed by atoms with van der Waals surface area (Å²) in [4.78, 5) is 0. The maximum absolute atomic E-state index is 8.98. The molecule has 0 saturated heterocycles. The molecule has 0 aromatic rings. The first-order valence-corrected chi connectivity index (χ1v) is 3.33. The maximum Gasteiger partial charge on any atom is 0.0567 e. The van der Waals surface area contributed by atoms with Gasteiger partial charge in [0.05, 0.1) is 2.74 Å². The zero-order valence-corrected chi connectivity index (χ0v) is 5.06. The quantitative estimate of drug-likeness (QED) is 0.551. The van der Waals surface area contributed by atoms with Gasteiger partial charge in [-0.25, -0.2) is 0 Å². The second kappa shape index (κ2) is 3.08. The number of hydrogen-bond acceptors (Lipinski definition) is 1. The summed E-state index contributed by atoms with van der Waals surface area (Å²) in [7, 11) is 0. The summed E-state index contributed by atoms with van der Waals surface area (Å²) in [5.41, 5.74) is 0. The van der Waals surface area contributed by atoms with Gasteiger partial charge in [0.2, 0.25) is 0 Å². The summed E-state index contributed by atoms with van der Waals surface area (Å²) in [5.74, 6) is -0.110. The Labute approximate surface area is 53.5 Å². The molecule has 0 aliphatic heterocycles. The van der Waals surface area contributed by atoms with Crippen LogP contribution in [0.4, 0.5) is 0 Å². The highest BCUT2D eigenvalue weighted by Gasteiger charge is 2.10. The highest BCUT2D eigenvalue weighted by Crippen LogP contribution is 2.22. The van der Waals surface area contributed by atoms with Crippen molar-refractivity contribution >= 4 is 0 Å². The predicted molar refractivity (Wildman–Crippen MR) is 33.7 cm³/mol. The lowest BCUT2D eigenvalue weighted by molar-refractivity contribution is 0.190. The molecule has 1 saturated carbocycles. The third-order valence-electron chi connectivity index (χ3n) is 1.79. The Hall–Kier alpha value is -0.0400. The fourth-order valence-electron chi connectivity index (χ4n) is 1.23. The van der Waals surface area contributed by atoms with Crippen LogP contribution in [0.15, 0.2) is 0 Å². The fraction of sp³-hybridized carbons (Fsp3) is 1.00. The zero-order chi connectivity index (χ0) is 7.61. The molecule has 8 heavy (non-hydrogen) atoms. The van der Waals surface area contributed by atoms with Crippen molar-refractivity contribution < 1.29 is 7.85 Å². The molecule has 1 N–H and O–H groups in total. The summed E-state index contributed by atoms with van der Waals surface area (Å²) in [6.45, 7) is -1.93. The molecule has 0 amide bonds. The number of aliphatic hydroxyl groups is 1. The maximum atomic E-state index is 8.98. The number of rotatable bonds is 1. The highest BCUT2D eigenvalue weighted by molar-refractivity contribution is 4.63. The lowest BCUT2D eigenvalue weighted by Gasteiger charge is -2.18. The van der Waals surface area contributed by atoms with Crippen molar-refractivity contribution in [2.24, 2.45) is 5.92 Å². The predicted octanol–water partition coefficient (Wildman–Crippen LogP) is 1.56. The van der Waals surface area contributed by atoms with E-state index in [0.717, 1.165) is 25.7 Å². The second-order valence-electron chi connectivity index (χ2n) is 2.46. The molecule has 1 fully saturated rings. The molecule has 1 rings (SSSR count). The first-order chi connectivity index (χ1) is 4.61. The van der Waals surface area contributed by atoms with Gasteiger partial charge in [0.15, 0.2) is 0 Å². The van der Waals surface area contributed by atoms with Crippen LogP contribution in [0.5, 0.6) is 0 Å². The van der Waals surface area contributed by atoms with Crippen molar-refractivity contribution in [2.45, 2.75) is 32.1 Å². The van der Waals surface area contributed by atoms with Gasteiger partial charge < -0.3 is 5.11 Å². The molecule has 0 unspecified atom stereocenters. The van der Waals surface area contributed by atoms with Crippen molar-refractivity contribution in [3.8, 4) is 0 Å². The van der Waals surface area contributed by atoms with E-state index in [4.69, 9.17) is 7.85 Å². The molecule has 0 aromatic heterocycles. The summed E-state index contributed by atoms with van der Waals surface area (Å²) in [6.07, 6.45) is 5.05. The van der Waals surface area contributed by atoms with E-state index >= 15 is 0 Å². The third-order valence-corrected chi connectivity index (χ3v) is 1.79.